The Hall–Kier alpha value is -0.120. The van der Waals surface area contributed by atoms with E-state index in [9.17, 15) is 0 Å². The Morgan fingerprint density at radius 3 is 2.56 bits per heavy atom. The van der Waals surface area contributed by atoms with Crippen LogP contribution in [0.15, 0.2) is 0 Å². The predicted octanol–water partition coefficient (Wildman–Crippen LogP) is 2.16. The highest BCUT2D eigenvalue weighted by atomic mass is 16.5. The van der Waals surface area contributed by atoms with Gasteiger partial charge in [-0.3, -0.25) is 0 Å². The molecular weight excluding hydrogens is 224 g/mol. The number of nitrogens with zero attached hydrogens (tertiary/aromatic N) is 1. The number of piperidine rings is 2. The van der Waals surface area contributed by atoms with Gasteiger partial charge >= 0.3 is 0 Å². The fourth-order valence-corrected chi connectivity index (χ4v) is 4.10. The molecule has 2 bridgehead atoms. The maximum absolute atomic E-state index is 5.69. The first-order chi connectivity index (χ1) is 8.83. The molecule has 3 aliphatic rings. The molecule has 1 N–H and O–H groups in total. The predicted molar refractivity (Wildman–Crippen MR) is 73.8 cm³/mol. The lowest BCUT2D eigenvalue weighted by Gasteiger charge is -2.47. The zero-order valence-electron chi connectivity index (χ0n) is 11.7. The molecule has 0 aromatic carbocycles. The van der Waals surface area contributed by atoms with Gasteiger partial charge in [-0.25, -0.2) is 0 Å². The van der Waals surface area contributed by atoms with Crippen LogP contribution in [0.3, 0.4) is 0 Å². The molecule has 3 fully saturated rings. The first kappa shape index (κ1) is 12.9. The van der Waals surface area contributed by atoms with Crippen LogP contribution in [-0.2, 0) is 4.74 Å². The van der Waals surface area contributed by atoms with Crippen LogP contribution in [0.4, 0.5) is 0 Å². The van der Waals surface area contributed by atoms with Gasteiger partial charge in [0.15, 0.2) is 0 Å². The Kier molecular flexibility index (Phi) is 4.22. The zero-order valence-corrected chi connectivity index (χ0v) is 11.7. The number of rotatable bonds is 4. The van der Waals surface area contributed by atoms with Gasteiger partial charge in [0, 0.05) is 24.7 Å². The van der Waals surface area contributed by atoms with E-state index in [2.05, 4.69) is 17.3 Å². The van der Waals surface area contributed by atoms with Gasteiger partial charge in [0.2, 0.25) is 0 Å². The molecule has 0 aromatic rings. The first-order valence-electron chi connectivity index (χ1n) is 7.90. The van der Waals surface area contributed by atoms with Gasteiger partial charge in [0.1, 0.15) is 0 Å². The second-order valence-electron chi connectivity index (χ2n) is 6.45. The van der Waals surface area contributed by atoms with Crippen molar-refractivity contribution < 1.29 is 4.74 Å². The average Bonchev–Trinajstić information content (AvgIpc) is 2.83. The molecular formula is C15H28N2O. The highest BCUT2D eigenvalue weighted by Crippen LogP contribution is 2.32. The highest BCUT2D eigenvalue weighted by Gasteiger charge is 2.35. The summed E-state index contributed by atoms with van der Waals surface area (Å²) in [6, 6.07) is 2.45. The Balaban J connectivity index is 1.40. The van der Waals surface area contributed by atoms with Gasteiger partial charge in [-0.15, -0.1) is 0 Å². The molecule has 3 rings (SSSR count). The van der Waals surface area contributed by atoms with Crippen molar-refractivity contribution in [1.82, 2.24) is 10.2 Å². The van der Waals surface area contributed by atoms with Crippen molar-refractivity contribution in [2.75, 3.05) is 20.2 Å². The Morgan fingerprint density at radius 1 is 1.11 bits per heavy atom. The van der Waals surface area contributed by atoms with Crippen molar-refractivity contribution in [1.29, 1.82) is 0 Å². The smallest absolute Gasteiger partial charge is 0.0588 e. The van der Waals surface area contributed by atoms with Crippen molar-refractivity contribution in [3.63, 3.8) is 0 Å². The summed E-state index contributed by atoms with van der Waals surface area (Å²) >= 11 is 0. The van der Waals surface area contributed by atoms with E-state index in [0.29, 0.717) is 6.10 Å². The quantitative estimate of drug-likeness (QED) is 0.830. The van der Waals surface area contributed by atoms with Gasteiger partial charge in [-0.2, -0.15) is 0 Å². The van der Waals surface area contributed by atoms with Gasteiger partial charge in [-0.05, 0) is 58.5 Å². The standard InChI is InChI=1S/C15H28N2O/c1-17-13-4-2-5-14(17)11-12(10-13)16-8-7-15-6-3-9-18-15/h12-16H,2-11H2,1H3. The molecule has 3 saturated heterocycles. The van der Waals surface area contributed by atoms with Gasteiger partial charge in [0.05, 0.1) is 6.10 Å². The van der Waals surface area contributed by atoms with Crippen LogP contribution in [0, 0.1) is 0 Å². The second-order valence-corrected chi connectivity index (χ2v) is 6.45. The maximum atomic E-state index is 5.69. The van der Waals surface area contributed by atoms with E-state index in [1.165, 1.54) is 51.4 Å². The molecule has 0 aliphatic carbocycles. The molecule has 0 aromatic heterocycles. The highest BCUT2D eigenvalue weighted by molar-refractivity contribution is 4.93. The molecule has 3 aliphatic heterocycles. The summed E-state index contributed by atoms with van der Waals surface area (Å²) in [5.74, 6) is 0. The average molecular weight is 252 g/mol. The van der Waals surface area contributed by atoms with E-state index >= 15 is 0 Å². The number of hydrogen-bond acceptors (Lipinski definition) is 3. The minimum Gasteiger partial charge on any atom is -0.378 e. The lowest BCUT2D eigenvalue weighted by molar-refractivity contribution is 0.0466. The summed E-state index contributed by atoms with van der Waals surface area (Å²) in [7, 11) is 2.33. The molecule has 0 spiro atoms. The zero-order chi connectivity index (χ0) is 12.4. The largest absolute Gasteiger partial charge is 0.378 e. The van der Waals surface area contributed by atoms with Crippen molar-refractivity contribution in [2.45, 2.75) is 75.6 Å². The van der Waals surface area contributed by atoms with E-state index in [-0.39, 0.29) is 0 Å². The van der Waals surface area contributed by atoms with Gasteiger partial charge in [-0.1, -0.05) is 6.42 Å². The SMILES string of the molecule is CN1C2CCCC1CC(NCCC1CCCO1)C2. The molecule has 0 saturated carbocycles. The first-order valence-corrected chi connectivity index (χ1v) is 7.90. The van der Waals surface area contributed by atoms with Gasteiger partial charge in [0.25, 0.3) is 0 Å². The van der Waals surface area contributed by atoms with Crippen molar-refractivity contribution in [3.05, 3.63) is 0 Å². The minimum absolute atomic E-state index is 0.545. The third kappa shape index (κ3) is 2.89. The number of hydrogen-bond donors (Lipinski definition) is 1. The minimum atomic E-state index is 0.545. The van der Waals surface area contributed by atoms with E-state index < -0.39 is 0 Å². The molecule has 18 heavy (non-hydrogen) atoms. The monoisotopic (exact) mass is 252 g/mol. The lowest BCUT2D eigenvalue weighted by Crippen LogP contribution is -2.54. The Bertz CT molecular complexity index is 251. The van der Waals surface area contributed by atoms with Crippen LogP contribution >= 0.6 is 0 Å². The topological polar surface area (TPSA) is 24.5 Å². The van der Waals surface area contributed by atoms with Crippen LogP contribution in [-0.4, -0.2) is 49.3 Å². The van der Waals surface area contributed by atoms with E-state index in [0.717, 1.165) is 31.3 Å². The number of fused-ring (bicyclic) bond motifs is 2. The summed E-state index contributed by atoms with van der Waals surface area (Å²) < 4.78 is 5.69. The normalized spacial score (nSPS) is 41.2. The van der Waals surface area contributed by atoms with E-state index in [4.69, 9.17) is 4.74 Å². The number of nitrogens with one attached hydrogen (secondary N) is 1. The van der Waals surface area contributed by atoms with Crippen LogP contribution in [0.25, 0.3) is 0 Å². The fourth-order valence-electron chi connectivity index (χ4n) is 4.10. The Morgan fingerprint density at radius 2 is 1.89 bits per heavy atom. The van der Waals surface area contributed by atoms with Crippen LogP contribution in [0.5, 0.6) is 0 Å². The Labute approximate surface area is 111 Å². The third-order valence-corrected chi connectivity index (χ3v) is 5.26. The molecule has 3 unspecified atom stereocenters. The van der Waals surface area contributed by atoms with Crippen LogP contribution < -0.4 is 5.32 Å². The molecule has 0 amide bonds. The number of ether oxygens (including phenoxy) is 1. The van der Waals surface area contributed by atoms with Gasteiger partial charge < -0.3 is 15.0 Å². The fraction of sp³-hybridized carbons (Fsp3) is 1.00. The van der Waals surface area contributed by atoms with Crippen molar-refractivity contribution in [3.8, 4) is 0 Å². The lowest BCUT2D eigenvalue weighted by atomic mass is 9.82. The second kappa shape index (κ2) is 5.89. The summed E-state index contributed by atoms with van der Waals surface area (Å²) in [6.07, 6.45) is 11.3. The summed E-state index contributed by atoms with van der Waals surface area (Å²) in [4.78, 5) is 2.64. The molecule has 104 valence electrons. The molecule has 0 radical (unpaired) electrons. The van der Waals surface area contributed by atoms with Crippen molar-refractivity contribution in [2.24, 2.45) is 0 Å². The van der Waals surface area contributed by atoms with Crippen LogP contribution in [0.2, 0.25) is 0 Å². The summed E-state index contributed by atoms with van der Waals surface area (Å²) in [6.45, 7) is 2.14. The molecule has 3 atom stereocenters. The maximum Gasteiger partial charge on any atom is 0.0588 e. The third-order valence-electron chi connectivity index (χ3n) is 5.26. The molecule has 3 nitrogen and oxygen atoms in total. The summed E-state index contributed by atoms with van der Waals surface area (Å²) in [5.41, 5.74) is 0. The molecule has 3 heterocycles. The van der Waals surface area contributed by atoms with E-state index in [1.54, 1.807) is 0 Å². The van der Waals surface area contributed by atoms with E-state index in [1.807, 2.05) is 0 Å². The molecule has 3 heteroatoms. The van der Waals surface area contributed by atoms with Crippen LogP contribution in [0.1, 0.15) is 51.4 Å². The summed E-state index contributed by atoms with van der Waals surface area (Å²) in [5, 5.41) is 3.79. The van der Waals surface area contributed by atoms with Crippen molar-refractivity contribution >= 4 is 0 Å².